The number of phenols is 2. The number of aromatic hydroxyl groups is 2. The zero-order chi connectivity index (χ0) is 25.4. The molecular formula is C32H41NO2. The van der Waals surface area contributed by atoms with Crippen LogP contribution in [0.2, 0.25) is 0 Å². The van der Waals surface area contributed by atoms with E-state index in [2.05, 4.69) is 101 Å². The van der Waals surface area contributed by atoms with E-state index >= 15 is 0 Å². The maximum atomic E-state index is 11.4. The Balaban J connectivity index is 1.75. The molecule has 0 saturated carbocycles. The van der Waals surface area contributed by atoms with Crippen molar-refractivity contribution in [2.24, 2.45) is 0 Å². The van der Waals surface area contributed by atoms with Crippen LogP contribution in [0.15, 0.2) is 66.7 Å². The van der Waals surface area contributed by atoms with E-state index < -0.39 is 0 Å². The fraction of sp³-hybridized carbons (Fsp3) is 0.438. The lowest BCUT2D eigenvalue weighted by Gasteiger charge is -2.34. The third-order valence-electron chi connectivity index (χ3n) is 7.45. The molecule has 1 aliphatic heterocycles. The normalized spacial score (nSPS) is 18.1. The van der Waals surface area contributed by atoms with E-state index in [1.54, 1.807) is 12.1 Å². The van der Waals surface area contributed by atoms with Crippen molar-refractivity contribution in [2.45, 2.75) is 83.7 Å². The van der Waals surface area contributed by atoms with Crippen molar-refractivity contribution in [2.75, 3.05) is 6.54 Å². The summed E-state index contributed by atoms with van der Waals surface area (Å²) in [6, 6.07) is 23.1. The van der Waals surface area contributed by atoms with Crippen molar-refractivity contribution in [1.82, 2.24) is 4.90 Å². The lowest BCUT2D eigenvalue weighted by molar-refractivity contribution is 0.224. The Bertz CT molecular complexity index is 1140. The number of phenolic OH excluding ortho intramolecular Hbond substituents is 2. The van der Waals surface area contributed by atoms with Crippen LogP contribution in [0.4, 0.5) is 0 Å². The average molecular weight is 472 g/mol. The first-order valence-electron chi connectivity index (χ1n) is 12.9. The van der Waals surface area contributed by atoms with Gasteiger partial charge >= 0.3 is 0 Å². The van der Waals surface area contributed by atoms with E-state index in [0.717, 1.165) is 37.1 Å². The minimum Gasteiger partial charge on any atom is -0.508 e. The van der Waals surface area contributed by atoms with E-state index in [4.69, 9.17) is 0 Å². The standard InChI is InChI=1S/C32H41NO2/c1-31(2,3)25-19-24(30(35)27(20-25)32(4,5)6)21-33-18-10-13-28(33)29(22-11-8-7-9-12-22)23-14-16-26(34)17-15-23/h7-9,11-12,14-17,19-20,28-29,34-35H,10,13,18,21H2,1-6H3/t28-,29?/m0/s1. The maximum Gasteiger partial charge on any atom is 0.123 e. The molecule has 0 radical (unpaired) electrons. The van der Waals surface area contributed by atoms with E-state index in [1.807, 2.05) is 0 Å². The second-order valence-corrected chi connectivity index (χ2v) is 12.2. The number of benzene rings is 3. The van der Waals surface area contributed by atoms with Crippen LogP contribution in [-0.2, 0) is 17.4 Å². The molecule has 0 spiro atoms. The Morgan fingerprint density at radius 1 is 0.829 bits per heavy atom. The predicted molar refractivity (Wildman–Crippen MR) is 145 cm³/mol. The number of rotatable bonds is 5. The molecule has 1 heterocycles. The molecule has 3 nitrogen and oxygen atoms in total. The predicted octanol–water partition coefficient (Wildman–Crippen LogP) is 7.49. The largest absolute Gasteiger partial charge is 0.508 e. The molecule has 0 aromatic heterocycles. The van der Waals surface area contributed by atoms with Crippen molar-refractivity contribution in [3.05, 3.63) is 94.5 Å². The van der Waals surface area contributed by atoms with E-state index in [1.165, 1.54) is 16.7 Å². The van der Waals surface area contributed by atoms with E-state index in [-0.39, 0.29) is 16.7 Å². The fourth-order valence-electron chi connectivity index (χ4n) is 5.44. The van der Waals surface area contributed by atoms with Crippen LogP contribution < -0.4 is 0 Å². The number of hydrogen-bond donors (Lipinski definition) is 2. The summed E-state index contributed by atoms with van der Waals surface area (Å²) < 4.78 is 0. The minimum absolute atomic E-state index is 0.00543. The van der Waals surface area contributed by atoms with Crippen LogP contribution >= 0.6 is 0 Å². The third kappa shape index (κ3) is 5.56. The van der Waals surface area contributed by atoms with Crippen LogP contribution in [-0.4, -0.2) is 27.7 Å². The molecule has 186 valence electrons. The second kappa shape index (κ2) is 9.70. The number of likely N-dealkylation sites (tertiary alicyclic amines) is 1. The Morgan fingerprint density at radius 2 is 1.46 bits per heavy atom. The molecule has 0 bridgehead atoms. The number of hydrogen-bond acceptors (Lipinski definition) is 3. The zero-order valence-electron chi connectivity index (χ0n) is 22.2. The third-order valence-corrected chi connectivity index (χ3v) is 7.45. The topological polar surface area (TPSA) is 43.7 Å². The average Bonchev–Trinajstić information content (AvgIpc) is 3.23. The van der Waals surface area contributed by atoms with Gasteiger partial charge in [0.15, 0.2) is 0 Å². The molecular weight excluding hydrogens is 430 g/mol. The van der Waals surface area contributed by atoms with Crippen molar-refractivity contribution >= 4 is 0 Å². The highest BCUT2D eigenvalue weighted by Gasteiger charge is 2.35. The van der Waals surface area contributed by atoms with E-state index in [0.29, 0.717) is 17.5 Å². The maximum absolute atomic E-state index is 11.4. The molecule has 1 fully saturated rings. The Hall–Kier alpha value is -2.78. The van der Waals surface area contributed by atoms with Gasteiger partial charge in [-0.2, -0.15) is 0 Å². The Labute approximate surface area is 211 Å². The van der Waals surface area contributed by atoms with Crippen LogP contribution in [0.3, 0.4) is 0 Å². The van der Waals surface area contributed by atoms with Crippen molar-refractivity contribution in [1.29, 1.82) is 0 Å². The number of nitrogens with zero attached hydrogens (tertiary/aromatic N) is 1. The van der Waals surface area contributed by atoms with Gasteiger partial charge in [-0.15, -0.1) is 0 Å². The van der Waals surface area contributed by atoms with Gasteiger partial charge in [0.05, 0.1) is 0 Å². The van der Waals surface area contributed by atoms with Gasteiger partial charge in [0.2, 0.25) is 0 Å². The van der Waals surface area contributed by atoms with Crippen LogP contribution in [0.5, 0.6) is 11.5 Å². The lowest BCUT2D eigenvalue weighted by Crippen LogP contribution is -2.35. The van der Waals surface area contributed by atoms with Crippen LogP contribution in [0.1, 0.15) is 88.1 Å². The summed E-state index contributed by atoms with van der Waals surface area (Å²) >= 11 is 0. The smallest absolute Gasteiger partial charge is 0.123 e. The highest BCUT2D eigenvalue weighted by atomic mass is 16.3. The van der Waals surface area contributed by atoms with Crippen molar-refractivity contribution in [3.8, 4) is 11.5 Å². The first-order chi connectivity index (χ1) is 16.4. The fourth-order valence-corrected chi connectivity index (χ4v) is 5.44. The Kier molecular flexibility index (Phi) is 7.02. The van der Waals surface area contributed by atoms with Gasteiger partial charge in [0.25, 0.3) is 0 Å². The summed E-state index contributed by atoms with van der Waals surface area (Å²) in [4.78, 5) is 2.55. The molecule has 3 aromatic rings. The van der Waals surface area contributed by atoms with Gasteiger partial charge < -0.3 is 10.2 Å². The molecule has 0 amide bonds. The quantitative estimate of drug-likeness (QED) is 0.405. The second-order valence-electron chi connectivity index (χ2n) is 12.2. The van der Waals surface area contributed by atoms with Gasteiger partial charge in [-0.1, -0.05) is 96.1 Å². The molecule has 2 N–H and O–H groups in total. The summed E-state index contributed by atoms with van der Waals surface area (Å²) in [6.45, 7) is 15.0. The van der Waals surface area contributed by atoms with Gasteiger partial charge in [-0.3, -0.25) is 4.90 Å². The van der Waals surface area contributed by atoms with Gasteiger partial charge in [-0.05, 0) is 64.6 Å². The van der Waals surface area contributed by atoms with Gasteiger partial charge in [0, 0.05) is 24.1 Å². The highest BCUT2D eigenvalue weighted by molar-refractivity contribution is 5.49. The minimum atomic E-state index is -0.136. The molecule has 2 atom stereocenters. The summed E-state index contributed by atoms with van der Waals surface area (Å²) in [5.74, 6) is 0.939. The van der Waals surface area contributed by atoms with Crippen LogP contribution in [0.25, 0.3) is 0 Å². The Morgan fingerprint density at radius 3 is 2.06 bits per heavy atom. The zero-order valence-corrected chi connectivity index (χ0v) is 22.2. The summed E-state index contributed by atoms with van der Waals surface area (Å²) in [5, 5.41) is 21.3. The summed E-state index contributed by atoms with van der Waals surface area (Å²) in [6.07, 6.45) is 2.24. The molecule has 1 saturated heterocycles. The molecule has 3 heteroatoms. The van der Waals surface area contributed by atoms with Crippen LogP contribution in [0, 0.1) is 0 Å². The molecule has 1 unspecified atom stereocenters. The highest BCUT2D eigenvalue weighted by Crippen LogP contribution is 2.41. The van der Waals surface area contributed by atoms with Gasteiger partial charge in [-0.25, -0.2) is 0 Å². The van der Waals surface area contributed by atoms with E-state index in [9.17, 15) is 10.2 Å². The summed E-state index contributed by atoms with van der Waals surface area (Å²) in [7, 11) is 0. The molecule has 3 aromatic carbocycles. The lowest BCUT2D eigenvalue weighted by atomic mass is 9.78. The molecule has 35 heavy (non-hydrogen) atoms. The summed E-state index contributed by atoms with van der Waals surface area (Å²) in [5.41, 5.74) is 5.69. The van der Waals surface area contributed by atoms with Gasteiger partial charge in [0.1, 0.15) is 11.5 Å². The molecule has 4 rings (SSSR count). The van der Waals surface area contributed by atoms with Crippen molar-refractivity contribution in [3.63, 3.8) is 0 Å². The molecule has 1 aliphatic rings. The first kappa shape index (κ1) is 25.3. The SMILES string of the molecule is CC(C)(C)c1cc(CN2CCC[C@H]2C(c2ccccc2)c2ccc(O)cc2)c(O)c(C(C)(C)C)c1. The van der Waals surface area contributed by atoms with Crippen molar-refractivity contribution < 1.29 is 10.2 Å². The monoisotopic (exact) mass is 471 g/mol. The molecule has 0 aliphatic carbocycles. The first-order valence-corrected chi connectivity index (χ1v) is 12.9.